The van der Waals surface area contributed by atoms with E-state index in [1.54, 1.807) is 24.3 Å². The molecule has 0 amide bonds. The molecule has 0 radical (unpaired) electrons. The second-order valence-corrected chi connectivity index (χ2v) is 4.58. The highest BCUT2D eigenvalue weighted by Gasteiger charge is 2.18. The van der Waals surface area contributed by atoms with Gasteiger partial charge in [0, 0.05) is 5.56 Å². The fraction of sp³-hybridized carbons (Fsp3) is 0.250. The van der Waals surface area contributed by atoms with E-state index in [0.717, 1.165) is 0 Å². The number of ether oxygens (including phenoxy) is 1. The van der Waals surface area contributed by atoms with Crippen LogP contribution in [0.3, 0.4) is 0 Å². The molecule has 2 nitrogen and oxygen atoms in total. The summed E-state index contributed by atoms with van der Waals surface area (Å²) in [5, 5.41) is 0. The van der Waals surface area contributed by atoms with E-state index in [1.807, 2.05) is 6.92 Å². The molecule has 0 saturated carbocycles. The summed E-state index contributed by atoms with van der Waals surface area (Å²) in [4.78, 5) is 0. The number of hydrogen-bond donors (Lipinski definition) is 1. The first-order chi connectivity index (χ1) is 9.54. The molecular formula is C16H17F2NO. The summed E-state index contributed by atoms with van der Waals surface area (Å²) in [6.45, 7) is 3.93. The molecule has 1 atom stereocenters. The first-order valence-corrected chi connectivity index (χ1v) is 6.47. The molecule has 0 aliphatic heterocycles. The SMILES string of the molecule is CCOc1cccc(C(N)c2ccc(C)c(F)c2F)c1. The minimum absolute atomic E-state index is 0.141. The van der Waals surface area contributed by atoms with Gasteiger partial charge >= 0.3 is 0 Å². The highest BCUT2D eigenvalue weighted by atomic mass is 19.2. The van der Waals surface area contributed by atoms with Crippen LogP contribution in [0.1, 0.15) is 29.7 Å². The highest BCUT2D eigenvalue weighted by molar-refractivity contribution is 5.38. The lowest BCUT2D eigenvalue weighted by molar-refractivity contribution is 0.339. The van der Waals surface area contributed by atoms with Crippen molar-refractivity contribution in [2.24, 2.45) is 5.73 Å². The fourth-order valence-corrected chi connectivity index (χ4v) is 2.05. The van der Waals surface area contributed by atoms with E-state index in [2.05, 4.69) is 0 Å². The van der Waals surface area contributed by atoms with Crippen molar-refractivity contribution in [3.8, 4) is 5.75 Å². The van der Waals surface area contributed by atoms with Crippen molar-refractivity contribution in [3.63, 3.8) is 0 Å². The Balaban J connectivity index is 2.38. The predicted octanol–water partition coefficient (Wildman–Crippen LogP) is 3.72. The summed E-state index contributed by atoms with van der Waals surface area (Å²) in [5.74, 6) is -1.08. The average Bonchev–Trinajstić information content (AvgIpc) is 2.45. The smallest absolute Gasteiger partial charge is 0.164 e. The summed E-state index contributed by atoms with van der Waals surface area (Å²) >= 11 is 0. The van der Waals surface area contributed by atoms with E-state index in [0.29, 0.717) is 17.9 Å². The molecule has 2 aromatic rings. The number of hydrogen-bond acceptors (Lipinski definition) is 2. The van der Waals surface area contributed by atoms with E-state index in [9.17, 15) is 8.78 Å². The maximum Gasteiger partial charge on any atom is 0.164 e. The van der Waals surface area contributed by atoms with Gasteiger partial charge in [-0.05, 0) is 37.1 Å². The zero-order valence-electron chi connectivity index (χ0n) is 11.5. The van der Waals surface area contributed by atoms with E-state index < -0.39 is 17.7 Å². The van der Waals surface area contributed by atoms with Crippen LogP contribution in [0.5, 0.6) is 5.75 Å². The van der Waals surface area contributed by atoms with Crippen LogP contribution in [-0.4, -0.2) is 6.61 Å². The standard InChI is InChI=1S/C16H17F2NO/c1-3-20-12-6-4-5-11(9-12)16(19)13-8-7-10(2)14(17)15(13)18/h4-9,16H,3,19H2,1-2H3. The molecule has 2 aromatic carbocycles. The molecule has 4 heteroatoms. The monoisotopic (exact) mass is 277 g/mol. The molecule has 0 spiro atoms. The van der Waals surface area contributed by atoms with Crippen LogP contribution in [0.25, 0.3) is 0 Å². The van der Waals surface area contributed by atoms with Gasteiger partial charge in [0.05, 0.1) is 12.6 Å². The van der Waals surface area contributed by atoms with Gasteiger partial charge in [-0.2, -0.15) is 0 Å². The van der Waals surface area contributed by atoms with Crippen LogP contribution in [0.2, 0.25) is 0 Å². The van der Waals surface area contributed by atoms with Gasteiger partial charge in [0.1, 0.15) is 5.75 Å². The first-order valence-electron chi connectivity index (χ1n) is 6.47. The van der Waals surface area contributed by atoms with E-state index in [4.69, 9.17) is 10.5 Å². The fourth-order valence-electron chi connectivity index (χ4n) is 2.05. The van der Waals surface area contributed by atoms with Gasteiger partial charge in [0.2, 0.25) is 0 Å². The Bertz CT molecular complexity index is 613. The van der Waals surface area contributed by atoms with Crippen molar-refractivity contribution in [3.05, 3.63) is 64.7 Å². The largest absolute Gasteiger partial charge is 0.494 e. The van der Waals surface area contributed by atoms with Crippen LogP contribution in [0, 0.1) is 18.6 Å². The summed E-state index contributed by atoms with van der Waals surface area (Å²) in [6.07, 6.45) is 0. The second kappa shape index (κ2) is 6.01. The van der Waals surface area contributed by atoms with Crippen LogP contribution in [0.15, 0.2) is 36.4 Å². The molecular weight excluding hydrogens is 260 g/mol. The number of nitrogens with two attached hydrogens (primary N) is 1. The van der Waals surface area contributed by atoms with Crippen LogP contribution >= 0.6 is 0 Å². The van der Waals surface area contributed by atoms with Crippen molar-refractivity contribution in [1.82, 2.24) is 0 Å². The zero-order valence-corrected chi connectivity index (χ0v) is 11.5. The predicted molar refractivity (Wildman–Crippen MR) is 74.7 cm³/mol. The molecule has 2 rings (SSSR count). The lowest BCUT2D eigenvalue weighted by Crippen LogP contribution is -2.15. The summed E-state index contributed by atoms with van der Waals surface area (Å²) in [7, 11) is 0. The van der Waals surface area contributed by atoms with Crippen molar-refractivity contribution < 1.29 is 13.5 Å². The van der Waals surface area contributed by atoms with Crippen LogP contribution < -0.4 is 10.5 Å². The Morgan fingerprint density at radius 1 is 1.15 bits per heavy atom. The third-order valence-corrected chi connectivity index (χ3v) is 3.17. The third-order valence-electron chi connectivity index (χ3n) is 3.17. The number of rotatable bonds is 4. The van der Waals surface area contributed by atoms with Gasteiger partial charge in [-0.1, -0.05) is 24.3 Å². The van der Waals surface area contributed by atoms with Gasteiger partial charge in [0.15, 0.2) is 11.6 Å². The normalized spacial score (nSPS) is 12.2. The van der Waals surface area contributed by atoms with Crippen molar-refractivity contribution in [2.45, 2.75) is 19.9 Å². The topological polar surface area (TPSA) is 35.2 Å². The second-order valence-electron chi connectivity index (χ2n) is 4.58. The quantitative estimate of drug-likeness (QED) is 0.924. The summed E-state index contributed by atoms with van der Waals surface area (Å²) < 4.78 is 33.0. The summed E-state index contributed by atoms with van der Waals surface area (Å²) in [5.41, 5.74) is 7.12. The van der Waals surface area contributed by atoms with Gasteiger partial charge in [0.25, 0.3) is 0 Å². The Morgan fingerprint density at radius 2 is 1.90 bits per heavy atom. The molecule has 0 aliphatic rings. The molecule has 20 heavy (non-hydrogen) atoms. The third kappa shape index (κ3) is 2.80. The number of halogens is 2. The van der Waals surface area contributed by atoms with Crippen LogP contribution in [-0.2, 0) is 0 Å². The molecule has 0 saturated heterocycles. The molecule has 0 aromatic heterocycles. The minimum Gasteiger partial charge on any atom is -0.494 e. The van der Waals surface area contributed by atoms with Crippen molar-refractivity contribution >= 4 is 0 Å². The molecule has 0 heterocycles. The Kier molecular flexibility index (Phi) is 4.35. The van der Waals surface area contributed by atoms with Crippen molar-refractivity contribution in [1.29, 1.82) is 0 Å². The number of aryl methyl sites for hydroxylation is 1. The Morgan fingerprint density at radius 3 is 2.60 bits per heavy atom. The molecule has 2 N–H and O–H groups in total. The van der Waals surface area contributed by atoms with Gasteiger partial charge in [-0.3, -0.25) is 0 Å². The molecule has 0 fully saturated rings. The molecule has 0 bridgehead atoms. The Hall–Kier alpha value is -1.94. The molecule has 106 valence electrons. The maximum absolute atomic E-state index is 14.0. The minimum atomic E-state index is -0.890. The lowest BCUT2D eigenvalue weighted by Gasteiger charge is -2.15. The van der Waals surface area contributed by atoms with Crippen LogP contribution in [0.4, 0.5) is 8.78 Å². The van der Waals surface area contributed by atoms with Crippen molar-refractivity contribution in [2.75, 3.05) is 6.61 Å². The Labute approximate surface area is 117 Å². The average molecular weight is 277 g/mol. The lowest BCUT2D eigenvalue weighted by atomic mass is 9.97. The van der Waals surface area contributed by atoms with E-state index in [-0.39, 0.29) is 11.1 Å². The van der Waals surface area contributed by atoms with E-state index in [1.165, 1.54) is 19.1 Å². The zero-order chi connectivity index (χ0) is 14.7. The molecule has 0 aliphatic carbocycles. The van der Waals surface area contributed by atoms with Gasteiger partial charge in [-0.25, -0.2) is 8.78 Å². The molecule has 1 unspecified atom stereocenters. The van der Waals surface area contributed by atoms with Gasteiger partial charge in [-0.15, -0.1) is 0 Å². The summed E-state index contributed by atoms with van der Waals surface area (Å²) in [6, 6.07) is 9.40. The first kappa shape index (κ1) is 14.5. The highest BCUT2D eigenvalue weighted by Crippen LogP contribution is 2.27. The number of benzene rings is 2. The maximum atomic E-state index is 14.0. The van der Waals surface area contributed by atoms with Gasteiger partial charge < -0.3 is 10.5 Å². The van der Waals surface area contributed by atoms with E-state index >= 15 is 0 Å².